The van der Waals surface area contributed by atoms with Crippen molar-refractivity contribution in [2.45, 2.75) is 32.1 Å². The second-order valence-corrected chi connectivity index (χ2v) is 9.71. The third-order valence-electron chi connectivity index (χ3n) is 7.18. The van der Waals surface area contributed by atoms with Gasteiger partial charge in [0.2, 0.25) is 0 Å². The molecular weight excluding hydrogens is 480 g/mol. The summed E-state index contributed by atoms with van der Waals surface area (Å²) in [6.45, 7) is 6.43. The normalized spacial score (nSPS) is 16.8. The van der Waals surface area contributed by atoms with Crippen LogP contribution in [0.1, 0.15) is 57.3 Å². The van der Waals surface area contributed by atoms with E-state index in [-0.39, 0.29) is 11.8 Å². The van der Waals surface area contributed by atoms with Gasteiger partial charge in [-0.15, -0.1) is 0 Å². The highest BCUT2D eigenvalue weighted by Crippen LogP contribution is 2.30. The van der Waals surface area contributed by atoms with Crippen molar-refractivity contribution in [2.75, 3.05) is 39.4 Å². The van der Waals surface area contributed by atoms with Crippen molar-refractivity contribution in [1.82, 2.24) is 15.6 Å². The summed E-state index contributed by atoms with van der Waals surface area (Å²) in [5.74, 6) is 0.168. The van der Waals surface area contributed by atoms with Gasteiger partial charge in [-0.1, -0.05) is 60.7 Å². The first-order chi connectivity index (χ1) is 18.6. The van der Waals surface area contributed by atoms with Gasteiger partial charge in [-0.25, -0.2) is 5.43 Å². The molecule has 2 N–H and O–H groups in total. The van der Waals surface area contributed by atoms with Crippen molar-refractivity contribution in [2.24, 2.45) is 5.10 Å². The van der Waals surface area contributed by atoms with Crippen LogP contribution in [0.2, 0.25) is 0 Å². The van der Waals surface area contributed by atoms with Gasteiger partial charge >= 0.3 is 0 Å². The van der Waals surface area contributed by atoms with Gasteiger partial charge < -0.3 is 14.5 Å². The van der Waals surface area contributed by atoms with E-state index in [4.69, 9.17) is 9.15 Å². The fraction of sp³-hybridized carbons (Fsp3) is 0.367. The molecule has 1 aliphatic heterocycles. The lowest BCUT2D eigenvalue weighted by atomic mass is 9.90. The number of ether oxygens (including phenoxy) is 1. The standard InChI is InChI=1S/C30H34N4O4/c1-21-26-24(32-33-29(35)27(22-9-4-2-5-10-22)23-11-6-3-7-12-23)13-8-14-25(26)38-28(21)30(36)31-15-16-34-17-19-37-20-18-34/h2-7,9-12,27H,8,13-20H2,1H3,(H,31,36)(H,33,35)/b32-24+. The summed E-state index contributed by atoms with van der Waals surface area (Å²) in [5.41, 5.74) is 6.96. The number of hydrazone groups is 1. The molecule has 1 saturated heterocycles. The predicted molar refractivity (Wildman–Crippen MR) is 145 cm³/mol. The fourth-order valence-electron chi connectivity index (χ4n) is 5.20. The fourth-order valence-corrected chi connectivity index (χ4v) is 5.20. The molecule has 38 heavy (non-hydrogen) atoms. The Morgan fingerprint density at radius 3 is 2.29 bits per heavy atom. The van der Waals surface area contributed by atoms with Gasteiger partial charge in [0.1, 0.15) is 5.76 Å². The van der Waals surface area contributed by atoms with Gasteiger partial charge in [-0.3, -0.25) is 14.5 Å². The SMILES string of the molecule is Cc1c(C(=O)NCCN2CCOCC2)oc2c1/C(=N/NC(=O)C(c1ccccc1)c1ccccc1)CCC2. The number of amides is 2. The second kappa shape index (κ2) is 12.2. The van der Waals surface area contributed by atoms with Crippen LogP contribution in [0.25, 0.3) is 0 Å². The zero-order valence-electron chi connectivity index (χ0n) is 21.7. The minimum Gasteiger partial charge on any atom is -0.455 e. The van der Waals surface area contributed by atoms with Crippen molar-refractivity contribution in [1.29, 1.82) is 0 Å². The molecule has 0 unspecified atom stereocenters. The number of aryl methyl sites for hydroxylation is 1. The van der Waals surface area contributed by atoms with Crippen LogP contribution < -0.4 is 10.7 Å². The molecule has 2 aliphatic rings. The van der Waals surface area contributed by atoms with E-state index >= 15 is 0 Å². The lowest BCUT2D eigenvalue weighted by Crippen LogP contribution is -2.41. The van der Waals surface area contributed by atoms with Crippen LogP contribution in [-0.2, 0) is 16.0 Å². The van der Waals surface area contributed by atoms with Gasteiger partial charge in [-0.05, 0) is 30.9 Å². The molecule has 0 atom stereocenters. The van der Waals surface area contributed by atoms with Gasteiger partial charge in [0.05, 0.1) is 24.8 Å². The summed E-state index contributed by atoms with van der Waals surface area (Å²) in [6.07, 6.45) is 2.28. The number of morpholine rings is 1. The number of rotatable bonds is 8. The Kier molecular flexibility index (Phi) is 8.31. The van der Waals surface area contributed by atoms with Crippen LogP contribution in [0.4, 0.5) is 0 Å². The van der Waals surface area contributed by atoms with Crippen LogP contribution in [0, 0.1) is 6.92 Å². The van der Waals surface area contributed by atoms with E-state index in [0.717, 1.165) is 79.4 Å². The number of hydrogen-bond donors (Lipinski definition) is 2. The Morgan fingerprint density at radius 2 is 1.63 bits per heavy atom. The van der Waals surface area contributed by atoms with Crippen LogP contribution >= 0.6 is 0 Å². The second-order valence-electron chi connectivity index (χ2n) is 9.71. The molecular formula is C30H34N4O4. The van der Waals surface area contributed by atoms with Crippen LogP contribution in [0.5, 0.6) is 0 Å². The molecule has 8 nitrogen and oxygen atoms in total. The summed E-state index contributed by atoms with van der Waals surface area (Å²) in [6, 6.07) is 19.4. The summed E-state index contributed by atoms with van der Waals surface area (Å²) in [7, 11) is 0. The van der Waals surface area contributed by atoms with E-state index in [1.165, 1.54) is 0 Å². The third kappa shape index (κ3) is 5.87. The highest BCUT2D eigenvalue weighted by atomic mass is 16.5. The minimum absolute atomic E-state index is 0.204. The lowest BCUT2D eigenvalue weighted by molar-refractivity contribution is -0.121. The minimum atomic E-state index is -0.483. The van der Waals surface area contributed by atoms with E-state index in [1.54, 1.807) is 0 Å². The van der Waals surface area contributed by atoms with Crippen LogP contribution in [0.3, 0.4) is 0 Å². The summed E-state index contributed by atoms with van der Waals surface area (Å²) < 4.78 is 11.4. The molecule has 0 saturated carbocycles. The van der Waals surface area contributed by atoms with E-state index < -0.39 is 5.92 Å². The van der Waals surface area contributed by atoms with Crippen LogP contribution in [-0.4, -0.2) is 61.8 Å². The molecule has 1 aliphatic carbocycles. The predicted octanol–water partition coefficient (Wildman–Crippen LogP) is 3.64. The van der Waals surface area contributed by atoms with Gasteiger partial charge in [0, 0.05) is 43.7 Å². The van der Waals surface area contributed by atoms with Crippen molar-refractivity contribution >= 4 is 17.5 Å². The molecule has 0 radical (unpaired) electrons. The molecule has 198 valence electrons. The maximum atomic E-state index is 13.4. The molecule has 1 aromatic heterocycles. The molecule has 2 heterocycles. The Hall–Kier alpha value is -3.75. The quantitative estimate of drug-likeness (QED) is 0.448. The monoisotopic (exact) mass is 514 g/mol. The zero-order valence-corrected chi connectivity index (χ0v) is 21.7. The smallest absolute Gasteiger partial charge is 0.287 e. The summed E-state index contributed by atoms with van der Waals surface area (Å²) in [5, 5.41) is 7.55. The number of nitrogens with zero attached hydrogens (tertiary/aromatic N) is 2. The average Bonchev–Trinajstić information content (AvgIpc) is 3.31. The zero-order chi connectivity index (χ0) is 26.3. The Bertz CT molecular complexity index is 1240. The first kappa shape index (κ1) is 25.9. The van der Waals surface area contributed by atoms with E-state index in [1.807, 2.05) is 67.6 Å². The number of carbonyl (C=O) groups is 2. The number of furan rings is 1. The number of hydrogen-bond acceptors (Lipinski definition) is 6. The van der Waals surface area contributed by atoms with E-state index in [2.05, 4.69) is 20.7 Å². The average molecular weight is 515 g/mol. The molecule has 2 amide bonds. The highest BCUT2D eigenvalue weighted by molar-refractivity contribution is 6.06. The van der Waals surface area contributed by atoms with E-state index in [0.29, 0.717) is 18.7 Å². The molecule has 0 spiro atoms. The third-order valence-corrected chi connectivity index (χ3v) is 7.18. The first-order valence-electron chi connectivity index (χ1n) is 13.3. The first-order valence-corrected chi connectivity index (χ1v) is 13.3. The molecule has 0 bridgehead atoms. The molecule has 2 aromatic carbocycles. The number of benzene rings is 2. The Balaban J connectivity index is 1.30. The van der Waals surface area contributed by atoms with Gasteiger partial charge in [0.25, 0.3) is 11.8 Å². The summed E-state index contributed by atoms with van der Waals surface area (Å²) >= 11 is 0. The van der Waals surface area contributed by atoms with Crippen molar-refractivity contribution in [3.8, 4) is 0 Å². The Morgan fingerprint density at radius 1 is 0.974 bits per heavy atom. The molecule has 5 rings (SSSR count). The number of carbonyl (C=O) groups excluding carboxylic acids is 2. The number of fused-ring (bicyclic) bond motifs is 1. The maximum absolute atomic E-state index is 13.4. The number of nitrogens with one attached hydrogen (secondary N) is 2. The van der Waals surface area contributed by atoms with Crippen molar-refractivity contribution in [3.63, 3.8) is 0 Å². The molecule has 3 aromatic rings. The molecule has 1 fully saturated rings. The largest absolute Gasteiger partial charge is 0.455 e. The summed E-state index contributed by atoms with van der Waals surface area (Å²) in [4.78, 5) is 28.6. The topological polar surface area (TPSA) is 96.2 Å². The highest BCUT2D eigenvalue weighted by Gasteiger charge is 2.29. The van der Waals surface area contributed by atoms with Gasteiger partial charge in [0.15, 0.2) is 5.76 Å². The van der Waals surface area contributed by atoms with Crippen LogP contribution in [0.15, 0.2) is 70.2 Å². The Labute approximate surface area is 223 Å². The van der Waals surface area contributed by atoms with E-state index in [9.17, 15) is 9.59 Å². The van der Waals surface area contributed by atoms with Gasteiger partial charge in [-0.2, -0.15) is 5.10 Å². The molecule has 8 heteroatoms. The van der Waals surface area contributed by atoms with Crippen molar-refractivity contribution in [3.05, 3.63) is 94.4 Å². The maximum Gasteiger partial charge on any atom is 0.287 e. The lowest BCUT2D eigenvalue weighted by Gasteiger charge is -2.26. The van der Waals surface area contributed by atoms with Crippen molar-refractivity contribution < 1.29 is 18.7 Å².